The van der Waals surface area contributed by atoms with Crippen LogP contribution in [0.3, 0.4) is 0 Å². The number of para-hydroxylation sites is 1. The van der Waals surface area contributed by atoms with Gasteiger partial charge in [-0.15, -0.1) is 0 Å². The first kappa shape index (κ1) is 11.0. The molecule has 0 fully saturated rings. The van der Waals surface area contributed by atoms with Crippen LogP contribution < -0.4 is 9.84 Å². The van der Waals surface area contributed by atoms with Crippen molar-refractivity contribution >= 4 is 11.9 Å². The summed E-state index contributed by atoms with van der Waals surface area (Å²) in [7, 11) is 1.23. The number of benzene rings is 1. The summed E-state index contributed by atoms with van der Waals surface area (Å²) >= 11 is 0. The van der Waals surface area contributed by atoms with Crippen molar-refractivity contribution in [1.82, 2.24) is 0 Å². The third-order valence-electron chi connectivity index (χ3n) is 1.64. The second kappa shape index (κ2) is 4.99. The van der Waals surface area contributed by atoms with Crippen LogP contribution in [0.5, 0.6) is 5.75 Å². The lowest BCUT2D eigenvalue weighted by Gasteiger charge is -2.09. The lowest BCUT2D eigenvalue weighted by molar-refractivity contribution is -0.307. The number of hydrogen-bond donors (Lipinski definition) is 0. The molecule has 0 saturated heterocycles. The normalized spacial score (nSPS) is 9.40. The molecule has 0 spiro atoms. The largest absolute Gasteiger partial charge is 0.546 e. The minimum atomic E-state index is -1.35. The monoisotopic (exact) mass is 209 g/mol. The molecule has 0 heterocycles. The summed E-state index contributed by atoms with van der Waals surface area (Å²) in [5.74, 6) is -1.77. The predicted molar refractivity (Wildman–Crippen MR) is 48.3 cm³/mol. The first-order chi connectivity index (χ1) is 7.15. The zero-order valence-electron chi connectivity index (χ0n) is 8.06. The summed E-state index contributed by atoms with van der Waals surface area (Å²) in [4.78, 5) is 21.4. The Labute approximate surface area is 86.2 Å². The molecule has 15 heavy (non-hydrogen) atoms. The molecule has 0 N–H and O–H groups in total. The average Bonchev–Trinajstić information content (AvgIpc) is 2.25. The highest BCUT2D eigenvalue weighted by Crippen LogP contribution is 2.18. The highest BCUT2D eigenvalue weighted by atomic mass is 16.5. The van der Waals surface area contributed by atoms with E-state index < -0.39 is 18.5 Å². The van der Waals surface area contributed by atoms with Gasteiger partial charge in [-0.1, -0.05) is 12.1 Å². The Bertz CT molecular complexity index is 372. The van der Waals surface area contributed by atoms with Gasteiger partial charge in [0.05, 0.1) is 13.1 Å². The Kier molecular flexibility index (Phi) is 3.68. The third kappa shape index (κ3) is 2.98. The number of hydrogen-bond acceptors (Lipinski definition) is 5. The van der Waals surface area contributed by atoms with E-state index in [0.29, 0.717) is 0 Å². The Morgan fingerprint density at radius 2 is 2.00 bits per heavy atom. The first-order valence-corrected chi connectivity index (χ1v) is 4.15. The fraction of sp³-hybridized carbons (Fsp3) is 0.200. The molecule has 0 aliphatic carbocycles. The second-order valence-corrected chi connectivity index (χ2v) is 2.65. The molecule has 0 radical (unpaired) electrons. The van der Waals surface area contributed by atoms with Crippen LogP contribution in [0, 0.1) is 0 Å². The highest BCUT2D eigenvalue weighted by molar-refractivity contribution is 5.92. The molecular formula is C10H9O5-. The predicted octanol–water partition coefficient (Wildman–Crippen LogP) is -0.398. The van der Waals surface area contributed by atoms with Crippen LogP contribution in [0.4, 0.5) is 0 Å². The molecule has 0 aromatic heterocycles. The summed E-state index contributed by atoms with van der Waals surface area (Å²) in [6.45, 7) is -0.603. The quantitative estimate of drug-likeness (QED) is 0.631. The van der Waals surface area contributed by atoms with E-state index in [9.17, 15) is 14.7 Å². The fourth-order valence-electron chi connectivity index (χ4n) is 1.01. The Morgan fingerprint density at radius 3 is 2.60 bits per heavy atom. The van der Waals surface area contributed by atoms with Gasteiger partial charge >= 0.3 is 5.97 Å². The maximum atomic E-state index is 11.2. The van der Waals surface area contributed by atoms with Gasteiger partial charge in [0, 0.05) is 0 Å². The lowest BCUT2D eigenvalue weighted by atomic mass is 10.2. The van der Waals surface area contributed by atoms with Crippen LogP contribution in [0.2, 0.25) is 0 Å². The maximum Gasteiger partial charge on any atom is 0.341 e. The minimum absolute atomic E-state index is 0.161. The van der Waals surface area contributed by atoms with Gasteiger partial charge < -0.3 is 19.4 Å². The van der Waals surface area contributed by atoms with Crippen molar-refractivity contribution in [3.8, 4) is 5.75 Å². The lowest BCUT2D eigenvalue weighted by Crippen LogP contribution is -2.29. The van der Waals surface area contributed by atoms with Crippen molar-refractivity contribution in [3.63, 3.8) is 0 Å². The molecule has 0 unspecified atom stereocenters. The van der Waals surface area contributed by atoms with E-state index >= 15 is 0 Å². The number of esters is 1. The number of carbonyl (C=O) groups is 2. The van der Waals surface area contributed by atoms with Crippen LogP contribution in [-0.2, 0) is 9.53 Å². The Morgan fingerprint density at radius 1 is 1.33 bits per heavy atom. The number of methoxy groups -OCH3 is 1. The smallest absolute Gasteiger partial charge is 0.341 e. The minimum Gasteiger partial charge on any atom is -0.546 e. The van der Waals surface area contributed by atoms with Crippen molar-refractivity contribution in [1.29, 1.82) is 0 Å². The van der Waals surface area contributed by atoms with Gasteiger partial charge in [0.25, 0.3) is 0 Å². The Hall–Kier alpha value is -2.04. The Balaban J connectivity index is 2.86. The van der Waals surface area contributed by atoms with Gasteiger partial charge in [-0.3, -0.25) is 0 Å². The molecular weight excluding hydrogens is 200 g/mol. The summed E-state index contributed by atoms with van der Waals surface area (Å²) in [6, 6.07) is 6.21. The van der Waals surface area contributed by atoms with E-state index in [1.165, 1.54) is 19.2 Å². The summed E-state index contributed by atoms with van der Waals surface area (Å²) in [5.41, 5.74) is 0.182. The van der Waals surface area contributed by atoms with Crippen molar-refractivity contribution in [2.24, 2.45) is 0 Å². The number of carboxylic acids is 1. The number of carboxylic acid groups (broad SMARTS) is 1. The van der Waals surface area contributed by atoms with Crippen molar-refractivity contribution in [3.05, 3.63) is 29.8 Å². The van der Waals surface area contributed by atoms with Crippen LogP contribution >= 0.6 is 0 Å². The molecule has 0 atom stereocenters. The number of carbonyl (C=O) groups excluding carboxylic acids is 2. The van der Waals surface area contributed by atoms with Crippen molar-refractivity contribution in [2.45, 2.75) is 0 Å². The number of ether oxygens (including phenoxy) is 2. The topological polar surface area (TPSA) is 75.7 Å². The molecule has 0 amide bonds. The van der Waals surface area contributed by atoms with Crippen molar-refractivity contribution < 1.29 is 24.2 Å². The zero-order valence-corrected chi connectivity index (χ0v) is 8.06. The molecule has 0 aliphatic heterocycles. The highest BCUT2D eigenvalue weighted by Gasteiger charge is 2.11. The van der Waals surface area contributed by atoms with Crippen molar-refractivity contribution in [2.75, 3.05) is 13.7 Å². The van der Waals surface area contributed by atoms with Crippen LogP contribution in [0.15, 0.2) is 24.3 Å². The van der Waals surface area contributed by atoms with Crippen LogP contribution in [0.25, 0.3) is 0 Å². The van der Waals surface area contributed by atoms with Crippen LogP contribution in [0.1, 0.15) is 10.4 Å². The molecule has 0 aliphatic rings. The van der Waals surface area contributed by atoms with E-state index in [1.54, 1.807) is 12.1 Å². The third-order valence-corrected chi connectivity index (χ3v) is 1.64. The molecule has 80 valence electrons. The van der Waals surface area contributed by atoms with E-state index in [-0.39, 0.29) is 11.3 Å². The number of rotatable bonds is 4. The van der Waals surface area contributed by atoms with Gasteiger partial charge in [0.1, 0.15) is 17.9 Å². The van der Waals surface area contributed by atoms with Gasteiger partial charge in [-0.2, -0.15) is 0 Å². The SMILES string of the molecule is COC(=O)c1ccccc1OCC(=O)[O-]. The van der Waals surface area contributed by atoms with E-state index in [0.717, 1.165) is 0 Å². The summed E-state index contributed by atoms with van der Waals surface area (Å²) in [5, 5.41) is 10.2. The fourth-order valence-corrected chi connectivity index (χ4v) is 1.01. The van der Waals surface area contributed by atoms with Gasteiger partial charge in [0.2, 0.25) is 0 Å². The van der Waals surface area contributed by atoms with Gasteiger partial charge in [-0.05, 0) is 12.1 Å². The molecule has 5 nitrogen and oxygen atoms in total. The first-order valence-electron chi connectivity index (χ1n) is 4.15. The van der Waals surface area contributed by atoms with E-state index in [1.807, 2.05) is 0 Å². The standard InChI is InChI=1S/C10H10O5/c1-14-10(13)7-4-2-3-5-8(7)15-6-9(11)12/h2-5H,6H2,1H3,(H,11,12)/p-1. The summed E-state index contributed by atoms with van der Waals surface area (Å²) < 4.78 is 9.36. The summed E-state index contributed by atoms with van der Waals surface area (Å²) in [6.07, 6.45) is 0. The second-order valence-electron chi connectivity index (χ2n) is 2.65. The van der Waals surface area contributed by atoms with Crippen LogP contribution in [-0.4, -0.2) is 25.7 Å². The molecule has 0 saturated carbocycles. The molecule has 5 heteroatoms. The van der Waals surface area contributed by atoms with E-state index in [4.69, 9.17) is 4.74 Å². The molecule has 1 rings (SSSR count). The molecule has 0 bridgehead atoms. The maximum absolute atomic E-state index is 11.2. The molecule has 1 aromatic carbocycles. The molecule has 1 aromatic rings. The van der Waals surface area contributed by atoms with Gasteiger partial charge in [0.15, 0.2) is 0 Å². The van der Waals surface area contributed by atoms with Gasteiger partial charge in [-0.25, -0.2) is 4.79 Å². The zero-order chi connectivity index (χ0) is 11.3. The number of aliphatic carboxylic acids is 1. The average molecular weight is 209 g/mol. The van der Waals surface area contributed by atoms with E-state index in [2.05, 4.69) is 4.74 Å².